The molecule has 2 aromatic rings. The van der Waals surface area contributed by atoms with E-state index >= 15 is 0 Å². The minimum absolute atomic E-state index is 0.133. The van der Waals surface area contributed by atoms with Crippen molar-refractivity contribution in [1.29, 1.82) is 0 Å². The van der Waals surface area contributed by atoms with Crippen LogP contribution in [0.2, 0.25) is 0 Å². The van der Waals surface area contributed by atoms with Crippen molar-refractivity contribution >= 4 is 5.82 Å². The molecule has 0 amide bonds. The van der Waals surface area contributed by atoms with E-state index in [1.54, 1.807) is 6.07 Å². The van der Waals surface area contributed by atoms with Crippen molar-refractivity contribution in [3.8, 4) is 0 Å². The van der Waals surface area contributed by atoms with Crippen molar-refractivity contribution < 1.29 is 4.39 Å². The summed E-state index contributed by atoms with van der Waals surface area (Å²) in [5.41, 5.74) is 0.607. The van der Waals surface area contributed by atoms with Crippen LogP contribution in [-0.2, 0) is 0 Å². The molecule has 0 saturated heterocycles. The van der Waals surface area contributed by atoms with Crippen LogP contribution >= 0.6 is 0 Å². The van der Waals surface area contributed by atoms with Crippen LogP contribution in [0, 0.1) is 5.82 Å². The van der Waals surface area contributed by atoms with Gasteiger partial charge in [0.05, 0.1) is 6.04 Å². The molecule has 2 N–H and O–H groups in total. The number of nitrogens with zero attached hydrogens (tertiary/aromatic N) is 1. The average molecular weight is 275 g/mol. The lowest BCUT2D eigenvalue weighted by Gasteiger charge is -2.16. The van der Waals surface area contributed by atoms with Crippen molar-refractivity contribution in [3.63, 3.8) is 0 Å². The number of aromatic amines is 1. The molecule has 5 heteroatoms. The molecule has 0 spiro atoms. The number of hydrogen-bond acceptors (Lipinski definition) is 3. The molecule has 1 unspecified atom stereocenters. The Labute approximate surface area is 117 Å². The molecule has 0 radical (unpaired) electrons. The zero-order valence-electron chi connectivity index (χ0n) is 11.8. The summed E-state index contributed by atoms with van der Waals surface area (Å²) in [5.74, 6) is 0.979. The van der Waals surface area contributed by atoms with Gasteiger partial charge in [0, 0.05) is 12.0 Å². The molecule has 2 rings (SSSR count). The molecular weight excluding hydrogens is 257 g/mol. The first-order valence-corrected chi connectivity index (χ1v) is 6.59. The highest BCUT2D eigenvalue weighted by molar-refractivity contribution is 5.37. The van der Waals surface area contributed by atoms with Gasteiger partial charge in [0.15, 0.2) is 0 Å². The minimum Gasteiger partial charge on any atom is -0.363 e. The first-order valence-electron chi connectivity index (χ1n) is 6.59. The van der Waals surface area contributed by atoms with Gasteiger partial charge in [0.25, 0.3) is 5.56 Å². The summed E-state index contributed by atoms with van der Waals surface area (Å²) in [4.78, 5) is 18.7. The molecular formula is C15H18FN3O. The molecule has 0 bridgehead atoms. The monoisotopic (exact) mass is 275 g/mol. The Hall–Kier alpha value is -2.17. The molecule has 0 aliphatic carbocycles. The maximum Gasteiger partial charge on any atom is 0.252 e. The Morgan fingerprint density at radius 1 is 1.25 bits per heavy atom. The standard InChI is InChI=1S/C15H18FN3O/c1-9(2)15-18-13(8-14(20)19-15)17-10(3)11-5-4-6-12(16)7-11/h4-10H,1-3H3,(H2,17,18,19,20). The number of benzene rings is 1. The molecule has 106 valence electrons. The lowest BCUT2D eigenvalue weighted by Crippen LogP contribution is -2.16. The number of hydrogen-bond donors (Lipinski definition) is 2. The lowest BCUT2D eigenvalue weighted by molar-refractivity contribution is 0.623. The van der Waals surface area contributed by atoms with Crippen LogP contribution < -0.4 is 10.9 Å². The second kappa shape index (κ2) is 5.86. The van der Waals surface area contributed by atoms with E-state index in [0.717, 1.165) is 5.56 Å². The molecule has 1 aromatic heterocycles. The van der Waals surface area contributed by atoms with E-state index < -0.39 is 0 Å². The highest BCUT2D eigenvalue weighted by Gasteiger charge is 2.10. The van der Waals surface area contributed by atoms with Gasteiger partial charge >= 0.3 is 0 Å². The third-order valence-electron chi connectivity index (χ3n) is 3.02. The second-order valence-corrected chi connectivity index (χ2v) is 5.09. The lowest BCUT2D eigenvalue weighted by atomic mass is 10.1. The predicted molar refractivity (Wildman–Crippen MR) is 77.4 cm³/mol. The zero-order chi connectivity index (χ0) is 14.7. The van der Waals surface area contributed by atoms with E-state index in [1.165, 1.54) is 18.2 Å². The first-order chi connectivity index (χ1) is 9.45. The van der Waals surface area contributed by atoms with Gasteiger partial charge in [-0.2, -0.15) is 0 Å². The summed E-state index contributed by atoms with van der Waals surface area (Å²) in [6, 6.07) is 7.62. The van der Waals surface area contributed by atoms with Gasteiger partial charge in [-0.15, -0.1) is 0 Å². The van der Waals surface area contributed by atoms with E-state index in [2.05, 4.69) is 15.3 Å². The largest absolute Gasteiger partial charge is 0.363 e. The maximum atomic E-state index is 13.2. The quantitative estimate of drug-likeness (QED) is 0.900. The Kier molecular flexibility index (Phi) is 4.17. The number of rotatable bonds is 4. The number of aromatic nitrogens is 2. The maximum absolute atomic E-state index is 13.2. The molecule has 1 atom stereocenters. The highest BCUT2D eigenvalue weighted by atomic mass is 19.1. The summed E-state index contributed by atoms with van der Waals surface area (Å²) in [7, 11) is 0. The fourth-order valence-electron chi connectivity index (χ4n) is 1.90. The first kappa shape index (κ1) is 14.2. The van der Waals surface area contributed by atoms with Crippen LogP contribution in [0.25, 0.3) is 0 Å². The van der Waals surface area contributed by atoms with Gasteiger partial charge in [-0.3, -0.25) is 4.79 Å². The molecule has 1 aromatic carbocycles. The Morgan fingerprint density at radius 3 is 2.65 bits per heavy atom. The zero-order valence-corrected chi connectivity index (χ0v) is 11.8. The van der Waals surface area contributed by atoms with Gasteiger partial charge in [0.1, 0.15) is 17.5 Å². The molecule has 0 aliphatic heterocycles. The van der Waals surface area contributed by atoms with Gasteiger partial charge < -0.3 is 10.3 Å². The van der Waals surface area contributed by atoms with Crippen LogP contribution in [-0.4, -0.2) is 9.97 Å². The van der Waals surface area contributed by atoms with E-state index in [-0.39, 0.29) is 23.3 Å². The summed E-state index contributed by atoms with van der Waals surface area (Å²) >= 11 is 0. The summed E-state index contributed by atoms with van der Waals surface area (Å²) < 4.78 is 13.2. The van der Waals surface area contributed by atoms with Crippen molar-refractivity contribution in [2.24, 2.45) is 0 Å². The van der Waals surface area contributed by atoms with E-state index in [9.17, 15) is 9.18 Å². The van der Waals surface area contributed by atoms with Crippen LogP contribution in [0.5, 0.6) is 0 Å². The SMILES string of the molecule is CC(C)c1nc(NC(C)c2cccc(F)c2)cc(=O)[nH]1. The fraction of sp³-hybridized carbons (Fsp3) is 0.333. The van der Waals surface area contributed by atoms with Crippen LogP contribution in [0.15, 0.2) is 35.1 Å². The summed E-state index contributed by atoms with van der Waals surface area (Å²) in [6.07, 6.45) is 0. The molecule has 4 nitrogen and oxygen atoms in total. The van der Waals surface area contributed by atoms with Crippen molar-refractivity contribution in [2.75, 3.05) is 5.32 Å². The van der Waals surface area contributed by atoms with Gasteiger partial charge in [-0.25, -0.2) is 9.37 Å². The average Bonchev–Trinajstić information content (AvgIpc) is 2.37. The predicted octanol–water partition coefficient (Wildman–Crippen LogP) is 3.21. The highest BCUT2D eigenvalue weighted by Crippen LogP contribution is 2.18. The van der Waals surface area contributed by atoms with Crippen molar-refractivity contribution in [2.45, 2.75) is 32.7 Å². The second-order valence-electron chi connectivity index (χ2n) is 5.09. The topological polar surface area (TPSA) is 57.8 Å². The molecule has 0 aliphatic rings. The Morgan fingerprint density at radius 2 is 2.00 bits per heavy atom. The number of nitrogens with one attached hydrogen (secondary N) is 2. The van der Waals surface area contributed by atoms with Gasteiger partial charge in [-0.05, 0) is 24.6 Å². The normalized spacial score (nSPS) is 12.4. The molecule has 20 heavy (non-hydrogen) atoms. The smallest absolute Gasteiger partial charge is 0.252 e. The Bertz CT molecular complexity index is 652. The molecule has 1 heterocycles. The number of halogens is 1. The third-order valence-corrected chi connectivity index (χ3v) is 3.02. The Balaban J connectivity index is 2.23. The fourth-order valence-corrected chi connectivity index (χ4v) is 1.90. The summed E-state index contributed by atoms with van der Waals surface area (Å²) in [6.45, 7) is 5.81. The minimum atomic E-state index is -0.280. The van der Waals surface area contributed by atoms with Crippen molar-refractivity contribution in [3.05, 3.63) is 57.9 Å². The number of anilines is 1. The van der Waals surface area contributed by atoms with Crippen LogP contribution in [0.3, 0.4) is 0 Å². The van der Waals surface area contributed by atoms with Gasteiger partial charge in [-0.1, -0.05) is 26.0 Å². The van der Waals surface area contributed by atoms with Crippen molar-refractivity contribution in [1.82, 2.24) is 9.97 Å². The van der Waals surface area contributed by atoms with Crippen LogP contribution in [0.1, 0.15) is 44.1 Å². The third kappa shape index (κ3) is 3.44. The van der Waals surface area contributed by atoms with E-state index in [1.807, 2.05) is 26.8 Å². The molecule has 0 saturated carbocycles. The van der Waals surface area contributed by atoms with Crippen LogP contribution in [0.4, 0.5) is 10.2 Å². The number of H-pyrrole nitrogens is 1. The van der Waals surface area contributed by atoms with E-state index in [4.69, 9.17) is 0 Å². The van der Waals surface area contributed by atoms with Gasteiger partial charge in [0.2, 0.25) is 0 Å². The molecule has 0 fully saturated rings. The summed E-state index contributed by atoms with van der Waals surface area (Å²) in [5, 5.41) is 3.12. The van der Waals surface area contributed by atoms with E-state index in [0.29, 0.717) is 11.6 Å².